The SMILES string of the molecule is C=C/C(=C/C(C)=C(\C)NC[C@H](CC)NC(=C)OC(C)(C)C)C(=C)Nc1cnc(C)c(N(C)/C=C\N=C)c1. The average Bonchev–Trinajstić information content (AvgIpc) is 2.82. The summed E-state index contributed by atoms with van der Waals surface area (Å²) in [4.78, 5) is 10.2. The van der Waals surface area contributed by atoms with Crippen LogP contribution in [-0.2, 0) is 4.74 Å². The van der Waals surface area contributed by atoms with E-state index in [0.717, 1.165) is 52.6 Å². The molecule has 3 N–H and O–H groups in total. The molecule has 0 aromatic carbocycles. The van der Waals surface area contributed by atoms with Crippen molar-refractivity contribution >= 4 is 18.1 Å². The lowest BCUT2D eigenvalue weighted by atomic mass is 10.1. The van der Waals surface area contributed by atoms with Crippen LogP contribution in [0.5, 0.6) is 0 Å². The van der Waals surface area contributed by atoms with Gasteiger partial charge in [0, 0.05) is 43.4 Å². The summed E-state index contributed by atoms with van der Waals surface area (Å²) in [6, 6.07) is 2.21. The molecule has 0 aliphatic carbocycles. The number of rotatable bonds is 15. The highest BCUT2D eigenvalue weighted by Crippen LogP contribution is 2.24. The summed E-state index contributed by atoms with van der Waals surface area (Å²) in [6.45, 7) is 30.7. The first-order valence-corrected chi connectivity index (χ1v) is 12.5. The van der Waals surface area contributed by atoms with Crippen LogP contribution in [-0.4, -0.2) is 36.9 Å². The zero-order valence-corrected chi connectivity index (χ0v) is 24.0. The molecule has 37 heavy (non-hydrogen) atoms. The minimum atomic E-state index is -0.281. The van der Waals surface area contributed by atoms with Crippen LogP contribution in [0.3, 0.4) is 0 Å². The van der Waals surface area contributed by atoms with Crippen LogP contribution in [0.4, 0.5) is 11.4 Å². The Bertz CT molecular complexity index is 1060. The molecule has 1 rings (SSSR count). The van der Waals surface area contributed by atoms with Gasteiger partial charge in [0.15, 0.2) is 5.88 Å². The van der Waals surface area contributed by atoms with Crippen molar-refractivity contribution in [3.8, 4) is 0 Å². The van der Waals surface area contributed by atoms with Gasteiger partial charge in [0.1, 0.15) is 5.60 Å². The van der Waals surface area contributed by atoms with Crippen molar-refractivity contribution in [2.45, 2.75) is 66.5 Å². The molecule has 0 fully saturated rings. The van der Waals surface area contributed by atoms with Gasteiger partial charge in [0.2, 0.25) is 0 Å². The molecule has 0 radical (unpaired) electrons. The predicted molar refractivity (Wildman–Crippen MR) is 161 cm³/mol. The first-order valence-electron chi connectivity index (χ1n) is 12.5. The van der Waals surface area contributed by atoms with Crippen molar-refractivity contribution in [2.24, 2.45) is 4.99 Å². The van der Waals surface area contributed by atoms with Gasteiger partial charge in [-0.25, -0.2) is 0 Å². The van der Waals surface area contributed by atoms with Gasteiger partial charge < -0.3 is 25.6 Å². The molecule has 202 valence electrons. The third-order valence-corrected chi connectivity index (χ3v) is 5.56. The molecule has 1 atom stereocenters. The van der Waals surface area contributed by atoms with Crippen LogP contribution in [0.15, 0.2) is 90.0 Å². The Hall–Kier alpha value is -3.74. The van der Waals surface area contributed by atoms with Gasteiger partial charge in [-0.1, -0.05) is 26.2 Å². The highest BCUT2D eigenvalue weighted by atomic mass is 16.5. The quantitative estimate of drug-likeness (QED) is 0.142. The van der Waals surface area contributed by atoms with Crippen molar-refractivity contribution in [1.29, 1.82) is 0 Å². The van der Waals surface area contributed by atoms with Crippen LogP contribution in [0, 0.1) is 6.92 Å². The molecule has 0 aliphatic heterocycles. The topological polar surface area (TPSA) is 73.8 Å². The minimum Gasteiger partial charge on any atom is -0.474 e. The Morgan fingerprint density at radius 1 is 1.27 bits per heavy atom. The molecular weight excluding hydrogens is 460 g/mol. The standard InChI is InChI=1S/C30H46N6O/c1-13-26(23(5)34-28-18-29(24(6)33-20-28)36(12)16-15-31-11)17-21(3)22(4)32-19-27(14-2)35-25(7)37-30(8,9)10/h13,15-18,20,27,32,34-35H,1,5,7,11,14,19H2,2-4,6,8-10,12H3/b16-15-,22-21+,26-17-/t27-/m0/s1. The number of hydrogen-bond donors (Lipinski definition) is 3. The average molecular weight is 507 g/mol. The molecule has 1 aromatic heterocycles. The van der Waals surface area contributed by atoms with E-state index in [9.17, 15) is 0 Å². The van der Waals surface area contributed by atoms with Crippen molar-refractivity contribution < 1.29 is 4.74 Å². The number of aryl methyl sites for hydroxylation is 1. The number of hydrogen-bond acceptors (Lipinski definition) is 7. The first kappa shape index (κ1) is 31.3. The summed E-state index contributed by atoms with van der Waals surface area (Å²) in [6.07, 6.45) is 10.1. The maximum absolute atomic E-state index is 5.81. The lowest BCUT2D eigenvalue weighted by Gasteiger charge is -2.27. The number of nitrogens with one attached hydrogen (secondary N) is 3. The number of allylic oxidation sites excluding steroid dienone is 4. The van der Waals surface area contributed by atoms with Crippen LogP contribution >= 0.6 is 0 Å². The van der Waals surface area contributed by atoms with Gasteiger partial charge in [0.05, 0.1) is 23.3 Å². The Kier molecular flexibility index (Phi) is 12.5. The maximum atomic E-state index is 5.81. The van der Waals surface area contributed by atoms with Gasteiger partial charge in [-0.05, 0) is 84.5 Å². The fraction of sp³-hybridized carbons (Fsp3) is 0.400. The van der Waals surface area contributed by atoms with Gasteiger partial charge in [0.25, 0.3) is 0 Å². The summed E-state index contributed by atoms with van der Waals surface area (Å²) in [5.41, 5.74) is 6.18. The molecule has 7 heteroatoms. The molecule has 0 saturated carbocycles. The second kappa shape index (κ2) is 14.7. The third-order valence-electron chi connectivity index (χ3n) is 5.56. The molecule has 1 heterocycles. The van der Waals surface area contributed by atoms with Gasteiger partial charge in [-0.15, -0.1) is 0 Å². The number of ether oxygens (including phenoxy) is 1. The second-order valence-electron chi connectivity index (χ2n) is 9.90. The largest absolute Gasteiger partial charge is 0.474 e. The van der Waals surface area contributed by atoms with Gasteiger partial charge >= 0.3 is 0 Å². The van der Waals surface area contributed by atoms with E-state index < -0.39 is 0 Å². The molecular formula is C30H46N6O. The molecule has 0 saturated heterocycles. The van der Waals surface area contributed by atoms with E-state index in [1.807, 2.05) is 51.9 Å². The Morgan fingerprint density at radius 2 is 1.95 bits per heavy atom. The minimum absolute atomic E-state index is 0.190. The molecule has 0 spiro atoms. The Balaban J connectivity index is 2.93. The summed E-state index contributed by atoms with van der Waals surface area (Å²) < 4.78 is 5.81. The molecule has 0 amide bonds. The van der Waals surface area contributed by atoms with E-state index >= 15 is 0 Å². The van der Waals surface area contributed by atoms with Gasteiger partial charge in [-0.3, -0.25) is 9.98 Å². The van der Waals surface area contributed by atoms with Crippen molar-refractivity contribution in [3.05, 3.63) is 90.7 Å². The maximum Gasteiger partial charge on any atom is 0.180 e. The Labute approximate surface area is 224 Å². The highest BCUT2D eigenvalue weighted by molar-refractivity contribution is 5.64. The lowest BCUT2D eigenvalue weighted by Crippen LogP contribution is -2.39. The van der Waals surface area contributed by atoms with Crippen molar-refractivity contribution in [2.75, 3.05) is 23.8 Å². The first-order chi connectivity index (χ1) is 17.3. The monoisotopic (exact) mass is 506 g/mol. The third kappa shape index (κ3) is 11.2. The van der Waals surface area contributed by atoms with Crippen LogP contribution in [0.1, 0.15) is 53.7 Å². The van der Waals surface area contributed by atoms with Crippen molar-refractivity contribution in [3.63, 3.8) is 0 Å². The zero-order chi connectivity index (χ0) is 28.2. The van der Waals surface area contributed by atoms with Crippen LogP contribution in [0.2, 0.25) is 0 Å². The fourth-order valence-corrected chi connectivity index (χ4v) is 3.37. The number of aromatic nitrogens is 1. The van der Waals surface area contributed by atoms with E-state index in [2.05, 4.69) is 79.2 Å². The van der Waals surface area contributed by atoms with E-state index in [1.165, 1.54) is 0 Å². The predicted octanol–water partition coefficient (Wildman–Crippen LogP) is 6.57. The molecule has 7 nitrogen and oxygen atoms in total. The number of aliphatic imine (C=N–C) groups is 1. The summed E-state index contributed by atoms with van der Waals surface area (Å²) >= 11 is 0. The molecule has 0 aliphatic rings. The normalized spacial score (nSPS) is 13.4. The van der Waals surface area contributed by atoms with E-state index in [4.69, 9.17) is 4.74 Å². The fourth-order valence-electron chi connectivity index (χ4n) is 3.37. The number of anilines is 2. The van der Waals surface area contributed by atoms with Crippen LogP contribution < -0.4 is 20.9 Å². The summed E-state index contributed by atoms with van der Waals surface area (Å²) in [5, 5.41) is 10.2. The zero-order valence-electron chi connectivity index (χ0n) is 24.0. The van der Waals surface area contributed by atoms with Crippen molar-refractivity contribution in [1.82, 2.24) is 15.6 Å². The summed E-state index contributed by atoms with van der Waals surface area (Å²) in [7, 11) is 1.94. The van der Waals surface area contributed by atoms with Crippen LogP contribution in [0.25, 0.3) is 0 Å². The van der Waals surface area contributed by atoms with Gasteiger partial charge in [-0.2, -0.15) is 0 Å². The van der Waals surface area contributed by atoms with E-state index in [-0.39, 0.29) is 11.6 Å². The summed E-state index contributed by atoms with van der Waals surface area (Å²) in [5.74, 6) is 0.587. The lowest BCUT2D eigenvalue weighted by molar-refractivity contribution is 0.0383. The molecule has 0 unspecified atom stereocenters. The second-order valence-corrected chi connectivity index (χ2v) is 9.90. The van der Waals surface area contributed by atoms with E-state index in [1.54, 1.807) is 18.5 Å². The number of pyridine rings is 1. The highest BCUT2D eigenvalue weighted by Gasteiger charge is 2.15. The smallest absolute Gasteiger partial charge is 0.180 e. The van der Waals surface area contributed by atoms with E-state index in [0.29, 0.717) is 5.88 Å². The molecule has 1 aromatic rings. The molecule has 0 bridgehead atoms. The number of nitrogens with zero attached hydrogens (tertiary/aromatic N) is 3. The Morgan fingerprint density at radius 3 is 2.51 bits per heavy atom.